The second-order valence-corrected chi connectivity index (χ2v) is 8.76. The normalized spacial score (nSPS) is 12.0. The first-order valence-electron chi connectivity index (χ1n) is 9.07. The smallest absolute Gasteiger partial charge is 0.235 e. The van der Waals surface area contributed by atoms with E-state index in [1.165, 1.54) is 12.1 Å². The van der Waals surface area contributed by atoms with Crippen molar-refractivity contribution in [1.29, 1.82) is 0 Å². The number of aryl methyl sites for hydroxylation is 1. The molecule has 0 saturated carbocycles. The predicted molar refractivity (Wildman–Crippen MR) is 111 cm³/mol. The second-order valence-electron chi connectivity index (χ2n) is 7.42. The molecule has 1 N–H and O–H groups in total. The summed E-state index contributed by atoms with van der Waals surface area (Å²) in [4.78, 5) is 16.6. The third-order valence-electron chi connectivity index (χ3n) is 4.08. The van der Waals surface area contributed by atoms with E-state index >= 15 is 0 Å². The van der Waals surface area contributed by atoms with Crippen LogP contribution in [0.2, 0.25) is 0 Å². The van der Waals surface area contributed by atoms with E-state index in [2.05, 4.69) is 60.1 Å². The van der Waals surface area contributed by atoms with Crippen LogP contribution in [0.15, 0.2) is 18.2 Å². The van der Waals surface area contributed by atoms with E-state index in [-0.39, 0.29) is 11.3 Å². The number of hydrogen-bond acceptors (Lipinski definition) is 5. The number of aromatic nitrogens is 2. The Morgan fingerprint density at radius 1 is 1.27 bits per heavy atom. The number of anilines is 1. The zero-order valence-corrected chi connectivity index (χ0v) is 17.8. The SMILES string of the molecule is CCNC(=O)CN(C)SN(C)c1ccc2c(c1)nc(C(C)(C)C)n2CC. The molecule has 26 heavy (non-hydrogen) atoms. The fourth-order valence-corrected chi connectivity index (χ4v) is 3.75. The van der Waals surface area contributed by atoms with Gasteiger partial charge in [-0.25, -0.2) is 9.29 Å². The molecule has 1 aromatic carbocycles. The molecule has 2 aromatic rings. The molecule has 0 bridgehead atoms. The topological polar surface area (TPSA) is 53.4 Å². The van der Waals surface area contributed by atoms with Crippen LogP contribution in [-0.2, 0) is 16.8 Å². The molecule has 0 aliphatic carbocycles. The van der Waals surface area contributed by atoms with Crippen molar-refractivity contribution in [3.8, 4) is 0 Å². The summed E-state index contributed by atoms with van der Waals surface area (Å²) >= 11 is 1.51. The third-order valence-corrected chi connectivity index (χ3v) is 4.95. The van der Waals surface area contributed by atoms with E-state index in [0.29, 0.717) is 13.1 Å². The zero-order valence-electron chi connectivity index (χ0n) is 17.0. The molecule has 144 valence electrons. The monoisotopic (exact) mass is 377 g/mol. The van der Waals surface area contributed by atoms with E-state index in [9.17, 15) is 4.79 Å². The van der Waals surface area contributed by atoms with E-state index < -0.39 is 0 Å². The molecule has 0 aliphatic rings. The Kier molecular flexibility index (Phi) is 6.58. The highest BCUT2D eigenvalue weighted by Crippen LogP contribution is 2.30. The first-order chi connectivity index (χ1) is 12.2. The summed E-state index contributed by atoms with van der Waals surface area (Å²) in [5, 5.41) is 2.82. The fraction of sp³-hybridized carbons (Fsp3) is 0.579. The third kappa shape index (κ3) is 4.71. The van der Waals surface area contributed by atoms with E-state index in [4.69, 9.17) is 4.98 Å². The molecule has 1 aromatic heterocycles. The molecule has 0 spiro atoms. The summed E-state index contributed by atoms with van der Waals surface area (Å²) in [6.45, 7) is 12.6. The zero-order chi connectivity index (χ0) is 19.5. The fourth-order valence-electron chi connectivity index (χ4n) is 2.95. The van der Waals surface area contributed by atoms with Crippen molar-refractivity contribution in [3.63, 3.8) is 0 Å². The summed E-state index contributed by atoms with van der Waals surface area (Å²) < 4.78 is 6.26. The standard InChI is InChI=1S/C19H31N5OS/c1-8-20-17(25)13-22(6)26-23(7)14-10-11-16-15(12-14)21-18(19(3,4)5)24(16)9-2/h10-12H,8-9,13H2,1-7H3,(H,20,25). The van der Waals surface area contributed by atoms with Gasteiger partial charge in [-0.05, 0) is 39.1 Å². The van der Waals surface area contributed by atoms with Gasteiger partial charge in [-0.2, -0.15) is 0 Å². The molecule has 6 nitrogen and oxygen atoms in total. The first kappa shape index (κ1) is 20.6. The van der Waals surface area contributed by atoms with Crippen LogP contribution < -0.4 is 9.62 Å². The molecule has 2 rings (SSSR count). The molecule has 1 amide bonds. The molecule has 0 fully saturated rings. The largest absolute Gasteiger partial charge is 0.355 e. The number of imidazole rings is 1. The molecule has 0 radical (unpaired) electrons. The molecule has 0 aliphatic heterocycles. The lowest BCUT2D eigenvalue weighted by Gasteiger charge is -2.23. The van der Waals surface area contributed by atoms with Gasteiger partial charge >= 0.3 is 0 Å². The lowest BCUT2D eigenvalue weighted by atomic mass is 9.96. The molecule has 0 atom stereocenters. The van der Waals surface area contributed by atoms with Crippen molar-refractivity contribution in [2.45, 2.75) is 46.6 Å². The minimum Gasteiger partial charge on any atom is -0.355 e. The van der Waals surface area contributed by atoms with Gasteiger partial charge in [-0.15, -0.1) is 0 Å². The number of rotatable bonds is 7. The van der Waals surface area contributed by atoms with Crippen molar-refractivity contribution in [2.24, 2.45) is 0 Å². The quantitative estimate of drug-likeness (QED) is 0.749. The van der Waals surface area contributed by atoms with Gasteiger partial charge in [-0.3, -0.25) is 4.79 Å². The van der Waals surface area contributed by atoms with Crippen LogP contribution in [0.4, 0.5) is 5.69 Å². The van der Waals surface area contributed by atoms with E-state index in [0.717, 1.165) is 29.1 Å². The first-order valence-corrected chi connectivity index (χ1v) is 9.80. The van der Waals surface area contributed by atoms with Crippen molar-refractivity contribution in [2.75, 3.05) is 31.5 Å². The van der Waals surface area contributed by atoms with E-state index in [1.54, 1.807) is 0 Å². The highest BCUT2D eigenvalue weighted by atomic mass is 32.2. The maximum atomic E-state index is 11.7. The van der Waals surface area contributed by atoms with Crippen LogP contribution in [-0.4, -0.2) is 46.9 Å². The molecule has 1 heterocycles. The Morgan fingerprint density at radius 3 is 2.54 bits per heavy atom. The molecule has 0 saturated heterocycles. The molecule has 7 heteroatoms. The number of benzene rings is 1. The lowest BCUT2D eigenvalue weighted by Crippen LogP contribution is -2.33. The Bertz CT molecular complexity index is 765. The van der Waals surface area contributed by atoms with Gasteiger partial charge < -0.3 is 14.2 Å². The number of carbonyl (C=O) groups excluding carboxylic acids is 1. The van der Waals surface area contributed by atoms with Gasteiger partial charge in [0.2, 0.25) is 5.91 Å². The summed E-state index contributed by atoms with van der Waals surface area (Å²) in [5.74, 6) is 1.14. The summed E-state index contributed by atoms with van der Waals surface area (Å²) in [7, 11) is 3.92. The average Bonchev–Trinajstić information content (AvgIpc) is 2.92. The van der Waals surface area contributed by atoms with Crippen LogP contribution in [0.5, 0.6) is 0 Å². The lowest BCUT2D eigenvalue weighted by molar-refractivity contribution is -0.120. The molecular formula is C19H31N5OS. The Morgan fingerprint density at radius 2 is 1.96 bits per heavy atom. The second kappa shape index (κ2) is 8.31. The van der Waals surface area contributed by atoms with Crippen LogP contribution in [0.3, 0.4) is 0 Å². The number of amides is 1. The number of likely N-dealkylation sites (N-methyl/N-ethyl adjacent to an activating group) is 2. The van der Waals surface area contributed by atoms with Crippen molar-refractivity contribution in [3.05, 3.63) is 24.0 Å². The van der Waals surface area contributed by atoms with Crippen LogP contribution in [0.1, 0.15) is 40.4 Å². The van der Waals surface area contributed by atoms with Gasteiger partial charge in [0.05, 0.1) is 23.3 Å². The number of nitrogens with one attached hydrogen (secondary N) is 1. The highest BCUT2D eigenvalue weighted by Gasteiger charge is 2.22. The van der Waals surface area contributed by atoms with Gasteiger partial charge in [0.1, 0.15) is 5.82 Å². The average molecular weight is 378 g/mol. The van der Waals surface area contributed by atoms with Crippen molar-refractivity contribution < 1.29 is 4.79 Å². The maximum Gasteiger partial charge on any atom is 0.235 e. The van der Waals surface area contributed by atoms with Gasteiger partial charge in [0, 0.05) is 37.7 Å². The minimum absolute atomic E-state index is 0.00268. The Hall–Kier alpha value is -1.73. The summed E-state index contributed by atoms with van der Waals surface area (Å²) in [6.07, 6.45) is 0. The summed E-state index contributed by atoms with van der Waals surface area (Å²) in [6, 6.07) is 6.36. The highest BCUT2D eigenvalue weighted by molar-refractivity contribution is 7.98. The molecular weight excluding hydrogens is 346 g/mol. The van der Waals surface area contributed by atoms with Crippen LogP contribution in [0, 0.1) is 0 Å². The number of hydrogen-bond donors (Lipinski definition) is 1. The molecule has 0 unspecified atom stereocenters. The van der Waals surface area contributed by atoms with Crippen LogP contribution >= 0.6 is 12.1 Å². The van der Waals surface area contributed by atoms with Crippen molar-refractivity contribution in [1.82, 2.24) is 19.2 Å². The number of fused-ring (bicyclic) bond motifs is 1. The van der Waals surface area contributed by atoms with Crippen molar-refractivity contribution >= 4 is 34.8 Å². The summed E-state index contributed by atoms with van der Waals surface area (Å²) in [5.41, 5.74) is 3.23. The predicted octanol–water partition coefficient (Wildman–Crippen LogP) is 3.42. The Labute approximate surface area is 161 Å². The number of nitrogens with zero attached hydrogens (tertiary/aromatic N) is 4. The number of carbonyl (C=O) groups is 1. The van der Waals surface area contributed by atoms with Crippen LogP contribution in [0.25, 0.3) is 11.0 Å². The van der Waals surface area contributed by atoms with Gasteiger partial charge in [0.15, 0.2) is 0 Å². The van der Waals surface area contributed by atoms with Gasteiger partial charge in [0.25, 0.3) is 0 Å². The minimum atomic E-state index is 0.00268. The van der Waals surface area contributed by atoms with Gasteiger partial charge in [-0.1, -0.05) is 20.8 Å². The Balaban J connectivity index is 2.21. The maximum absolute atomic E-state index is 11.7. The van der Waals surface area contributed by atoms with E-state index in [1.807, 2.05) is 25.3 Å².